The van der Waals surface area contributed by atoms with Gasteiger partial charge in [0.05, 0.1) is 11.3 Å². The quantitative estimate of drug-likeness (QED) is 0.222. The van der Waals surface area contributed by atoms with Gasteiger partial charge in [0.2, 0.25) is 0 Å². The molecular weight excluding hydrogens is 1190 g/mol. The lowest BCUT2D eigenvalue weighted by Crippen LogP contribution is -2.52. The van der Waals surface area contributed by atoms with Crippen LogP contribution in [0, 0.1) is 16.2 Å². The van der Waals surface area contributed by atoms with Crippen molar-refractivity contribution in [3.05, 3.63) is 55.4 Å². The van der Waals surface area contributed by atoms with Crippen LogP contribution >= 0.6 is 0 Å². The molecule has 4 N–H and O–H groups in total. The van der Waals surface area contributed by atoms with Gasteiger partial charge in [0.15, 0.2) is 0 Å². The summed E-state index contributed by atoms with van der Waals surface area (Å²) in [5.74, 6) is 1.70. The van der Waals surface area contributed by atoms with E-state index < -0.39 is 0 Å². The van der Waals surface area contributed by atoms with Crippen molar-refractivity contribution in [1.29, 1.82) is 0 Å². The zero-order valence-electron chi connectivity index (χ0n) is 70.4. The molecule has 0 amide bonds. The Morgan fingerprint density at radius 1 is 0.562 bits per heavy atom. The molecule has 4 aliphatic rings. The molecule has 0 bridgehead atoms. The van der Waals surface area contributed by atoms with Gasteiger partial charge in [-0.15, -0.1) is 0 Å². The number of H-pyrrole nitrogens is 1. The number of Topliss-reactive ketones (excluding diaryl/α,β-unsaturated/α-hetero) is 2. The predicted molar refractivity (Wildman–Crippen MR) is 422 cm³/mol. The van der Waals surface area contributed by atoms with Crippen molar-refractivity contribution < 1.29 is 9.59 Å². The number of piperidine rings is 1. The van der Waals surface area contributed by atoms with Crippen LogP contribution in [-0.4, -0.2) is 166 Å². The Balaban J connectivity index is -0.000000487. The fourth-order valence-corrected chi connectivity index (χ4v) is 8.97. The fraction of sp³-hybridized carbons (Fsp3) is 0.838. The standard InChI is InChI=1S/C9H20N2.C9H19N.C8H17N.C8H13N.2C8H16O.2C7H12N2.C6H11N3.C6H15N.C4H11N/c1-9(2,3)11-7-5-10(4)6-8-11;1-9(2,3)10-7-5-4-6-8-10;2*1-8(2,3)9-6-4-5-7-9;1-7(9)5-6-8(2,3)4;1-5-7(9)6-8(2,3)4;1-7(2,3)6-8-4-5-9-6;1-7(2,3)6-4-5-8-9-6;1-6(2,3)9-5-7-4-8-9;1-5-7-6(2,3)4;1-4(2,3)5/h5-8H2,1-4H3;4-8H2,1-3H3;4-7H2,1-3H3;4-7H,1-3H3;2*5-6H2,1-4H3;4-5H,1-3H3,(H,8,9);5H,4H2,1-3H3;4-5H,1-3H3;7H,5H2,1-4H3;5H2,1-3H3. The largest absolute Gasteiger partial charge is 0.349 e. The highest BCUT2D eigenvalue weighted by Crippen LogP contribution is 2.24. The second kappa shape index (κ2) is 45.8. The summed E-state index contributed by atoms with van der Waals surface area (Å²) < 4.78 is 4.01. The van der Waals surface area contributed by atoms with Gasteiger partial charge in [0.1, 0.15) is 30.0 Å². The highest BCUT2D eigenvalue weighted by molar-refractivity contribution is 6.01. The number of nitrogens with two attached hydrogens (primary N) is 1. The summed E-state index contributed by atoms with van der Waals surface area (Å²) in [5, 5.41) is 15.1. The first-order chi connectivity index (χ1) is 43.1. The van der Waals surface area contributed by atoms with Gasteiger partial charge in [0, 0.05) is 127 Å². The first-order valence-corrected chi connectivity index (χ1v) is 36.6. The Hall–Kier alpha value is -3.93. The van der Waals surface area contributed by atoms with Crippen molar-refractivity contribution in [3.63, 3.8) is 0 Å². The summed E-state index contributed by atoms with van der Waals surface area (Å²) in [6.45, 7) is 88.3. The van der Waals surface area contributed by atoms with Crippen LogP contribution in [0.2, 0.25) is 0 Å². The molecule has 3 aromatic heterocycles. The van der Waals surface area contributed by atoms with E-state index in [1.165, 1.54) is 90.2 Å². The number of hydrogen-bond acceptors (Lipinski definition) is 13. The molecule has 0 aliphatic carbocycles. The lowest BCUT2D eigenvalue weighted by Gasteiger charge is -2.41. The molecule has 16 nitrogen and oxygen atoms in total. The summed E-state index contributed by atoms with van der Waals surface area (Å²) in [5.41, 5.74) is 9.17. The van der Waals surface area contributed by atoms with Crippen molar-refractivity contribution >= 4 is 23.5 Å². The van der Waals surface area contributed by atoms with Crippen molar-refractivity contribution in [1.82, 2.24) is 54.2 Å². The number of likely N-dealkylation sites (tertiary alicyclic amines) is 2. The van der Waals surface area contributed by atoms with E-state index in [9.17, 15) is 9.59 Å². The van der Waals surface area contributed by atoms with Crippen molar-refractivity contribution in [2.45, 2.75) is 358 Å². The number of ketones is 2. The topological polar surface area (TPSA) is 174 Å². The molecule has 3 aromatic rings. The van der Waals surface area contributed by atoms with Gasteiger partial charge in [-0.1, -0.05) is 103 Å². The van der Waals surface area contributed by atoms with Crippen LogP contribution in [0.15, 0.2) is 59.8 Å². The normalized spacial score (nSPS) is 16.0. The molecule has 0 radical (unpaired) electrons. The summed E-state index contributed by atoms with van der Waals surface area (Å²) in [6, 6.07) is 4.09. The van der Waals surface area contributed by atoms with E-state index in [4.69, 9.17) is 5.73 Å². The molecule has 0 saturated carbocycles. The van der Waals surface area contributed by atoms with Crippen LogP contribution in [0.1, 0.15) is 319 Å². The van der Waals surface area contributed by atoms with Gasteiger partial charge in [0.25, 0.3) is 0 Å². The third-order valence-corrected chi connectivity index (χ3v) is 15.0. The second-order valence-corrected chi connectivity index (χ2v) is 37.8. The number of nitrogens with zero attached hydrogens (tertiary/aromatic N) is 11. The second-order valence-electron chi connectivity index (χ2n) is 37.8. The molecule has 96 heavy (non-hydrogen) atoms. The summed E-state index contributed by atoms with van der Waals surface area (Å²) in [6.07, 6.45) is 24.0. The number of nitrogens with one attached hydrogen (secondary N) is 2. The zero-order valence-corrected chi connectivity index (χ0v) is 70.4. The lowest BCUT2D eigenvalue weighted by molar-refractivity contribution is -0.120. The molecular formula is C80H162N14O2. The maximum Gasteiger partial charge on any atom is 0.137 e. The number of aromatic nitrogens is 6. The Morgan fingerprint density at radius 2 is 0.990 bits per heavy atom. The molecule has 7 rings (SSSR count). The van der Waals surface area contributed by atoms with Gasteiger partial charge in [-0.05, 0) is 247 Å². The monoisotopic (exact) mass is 1350 g/mol. The number of hydrogen-bond donors (Lipinski definition) is 3. The Labute approximate surface area is 595 Å². The van der Waals surface area contributed by atoms with Gasteiger partial charge < -0.3 is 30.3 Å². The third-order valence-electron chi connectivity index (χ3n) is 15.0. The number of aromatic amines is 1. The number of piperazine rings is 1. The third kappa shape index (κ3) is 61.2. The van der Waals surface area contributed by atoms with Crippen LogP contribution in [-0.2, 0) is 26.1 Å². The maximum absolute atomic E-state index is 10.8. The lowest BCUT2D eigenvalue weighted by atomic mass is 9.89. The molecule has 3 saturated heterocycles. The average Bonchev–Trinajstić information content (AvgIpc) is 2.73. The van der Waals surface area contributed by atoms with E-state index in [1.807, 2.05) is 56.9 Å². The fourth-order valence-electron chi connectivity index (χ4n) is 8.97. The van der Waals surface area contributed by atoms with E-state index in [1.54, 1.807) is 25.8 Å². The van der Waals surface area contributed by atoms with E-state index in [-0.39, 0.29) is 32.9 Å². The SMILES string of the molecule is CC(=O)CCC(C)(C)C.CC(C)(C)C1=NN=CC1.CC(C)(C)N.CC(C)(C)N1CCCC1.CC(C)(C)N1CCCCC1.CC(C)(C)c1ncc[nH]1.CC(C)(C)n1cccc1.CC(C)(C)n1cncn1.CCC(=O)CC(C)(C)C.CCNC(C)(C)C.CN1CCN(C(C)(C)C)CC1. The van der Waals surface area contributed by atoms with Gasteiger partial charge in [-0.2, -0.15) is 15.3 Å². The van der Waals surface area contributed by atoms with E-state index >= 15 is 0 Å². The minimum atomic E-state index is 0. The summed E-state index contributed by atoms with van der Waals surface area (Å²) in [4.78, 5) is 42.4. The molecule has 564 valence electrons. The molecule has 0 unspecified atom stereocenters. The highest BCUT2D eigenvalue weighted by atomic mass is 16.1. The molecule has 7 heterocycles. The van der Waals surface area contributed by atoms with Crippen molar-refractivity contribution in [2.24, 2.45) is 32.2 Å². The van der Waals surface area contributed by atoms with Gasteiger partial charge in [-0.25, -0.2) is 14.6 Å². The molecule has 0 aromatic carbocycles. The summed E-state index contributed by atoms with van der Waals surface area (Å²) >= 11 is 0. The number of rotatable bonds is 5. The van der Waals surface area contributed by atoms with Crippen molar-refractivity contribution in [3.8, 4) is 0 Å². The Kier molecular flexibility index (Phi) is 46.9. The number of imidazole rings is 1. The van der Waals surface area contributed by atoms with Crippen LogP contribution in [0.25, 0.3) is 0 Å². The van der Waals surface area contributed by atoms with E-state index in [2.05, 4.69) is 294 Å². The minimum Gasteiger partial charge on any atom is -0.349 e. The zero-order chi connectivity index (χ0) is 76.0. The minimum absolute atomic E-state index is 0. The number of likely N-dealkylation sites (N-methyl/N-ethyl adjacent to an activating group) is 1. The first kappa shape index (κ1) is 98.4. The Morgan fingerprint density at radius 3 is 1.18 bits per heavy atom. The molecule has 16 heteroatoms. The first-order valence-electron chi connectivity index (χ1n) is 36.6. The molecule has 3 fully saturated rings. The number of carbonyl (C=O) groups excluding carboxylic acids is 2. The van der Waals surface area contributed by atoms with Crippen LogP contribution in [0.3, 0.4) is 0 Å². The molecule has 0 spiro atoms. The van der Waals surface area contributed by atoms with E-state index in [0.717, 1.165) is 31.6 Å². The van der Waals surface area contributed by atoms with Crippen molar-refractivity contribution in [2.75, 3.05) is 66.0 Å². The summed E-state index contributed by atoms with van der Waals surface area (Å²) in [7, 11) is 2.19. The number of carbonyl (C=O) groups is 2. The Bertz CT molecular complexity index is 2280. The predicted octanol–water partition coefficient (Wildman–Crippen LogP) is 19.0. The van der Waals surface area contributed by atoms with Crippen LogP contribution in [0.5, 0.6) is 0 Å². The highest BCUT2D eigenvalue weighted by Gasteiger charge is 2.26. The van der Waals surface area contributed by atoms with Gasteiger partial charge >= 0.3 is 0 Å². The maximum atomic E-state index is 10.8. The van der Waals surface area contributed by atoms with Crippen LogP contribution < -0.4 is 11.1 Å². The van der Waals surface area contributed by atoms with Gasteiger partial charge in [-0.3, -0.25) is 19.5 Å². The van der Waals surface area contributed by atoms with Crippen LogP contribution in [0.4, 0.5) is 0 Å². The molecule has 4 aliphatic heterocycles. The molecule has 0 atom stereocenters. The van der Waals surface area contributed by atoms with E-state index in [0.29, 0.717) is 52.0 Å². The smallest absolute Gasteiger partial charge is 0.137 e. The average molecular weight is 1350 g/mol.